The Labute approximate surface area is 119 Å². The average Bonchev–Trinajstić information content (AvgIpc) is 2.49. The van der Waals surface area contributed by atoms with Gasteiger partial charge in [0.05, 0.1) is 17.3 Å². The fourth-order valence-corrected chi connectivity index (χ4v) is 2.01. The van der Waals surface area contributed by atoms with Gasteiger partial charge in [-0.15, -0.1) is 0 Å². The molecule has 20 heavy (non-hydrogen) atoms. The number of hydrogen-bond donors (Lipinski definition) is 2. The Bertz CT molecular complexity index is 569. The van der Waals surface area contributed by atoms with Crippen molar-refractivity contribution in [1.82, 2.24) is 10.3 Å². The molecule has 104 valence electrons. The Morgan fingerprint density at radius 2 is 1.95 bits per heavy atom. The third-order valence-electron chi connectivity index (χ3n) is 3.02. The zero-order valence-electron chi connectivity index (χ0n) is 11.8. The molecule has 0 unspecified atom stereocenters. The lowest BCUT2D eigenvalue weighted by molar-refractivity contribution is 0.0940. The molecule has 4 heteroatoms. The van der Waals surface area contributed by atoms with E-state index in [1.165, 1.54) is 0 Å². The predicted molar refractivity (Wildman–Crippen MR) is 80.7 cm³/mol. The van der Waals surface area contributed by atoms with Crippen LogP contribution in [0.2, 0.25) is 0 Å². The monoisotopic (exact) mass is 269 g/mol. The summed E-state index contributed by atoms with van der Waals surface area (Å²) in [6.07, 6.45) is 1.73. The van der Waals surface area contributed by atoms with Gasteiger partial charge in [0.2, 0.25) is 0 Å². The number of hydrogen-bond acceptors (Lipinski definition) is 3. The minimum absolute atomic E-state index is 0.0975. The minimum Gasteiger partial charge on any atom is -0.385 e. The van der Waals surface area contributed by atoms with E-state index in [-0.39, 0.29) is 11.9 Å². The summed E-state index contributed by atoms with van der Waals surface area (Å²) in [5.41, 5.74) is 2.35. The van der Waals surface area contributed by atoms with Gasteiger partial charge in [-0.2, -0.15) is 0 Å². The van der Waals surface area contributed by atoms with Gasteiger partial charge in [-0.05, 0) is 38.1 Å². The number of pyridine rings is 1. The first kappa shape index (κ1) is 14.1. The van der Waals surface area contributed by atoms with E-state index in [2.05, 4.69) is 15.6 Å². The van der Waals surface area contributed by atoms with Crippen LogP contribution in [0.25, 0.3) is 0 Å². The molecular formula is C16H19N3O. The van der Waals surface area contributed by atoms with E-state index in [1.807, 2.05) is 56.3 Å². The molecule has 0 aliphatic carbocycles. The number of rotatable bonds is 5. The molecule has 2 N–H and O–H groups in total. The molecule has 0 aliphatic rings. The summed E-state index contributed by atoms with van der Waals surface area (Å²) in [7, 11) is 0. The van der Waals surface area contributed by atoms with Crippen molar-refractivity contribution in [3.8, 4) is 0 Å². The number of aromatic nitrogens is 1. The standard InChI is InChI=1S/C16H19N3O/c1-3-17-15-10-5-4-8-13(15)16(20)19-12(2)14-9-6-7-11-18-14/h4-12,17H,3H2,1-2H3,(H,19,20)/t12-/m1/s1. The largest absolute Gasteiger partial charge is 0.385 e. The van der Waals surface area contributed by atoms with Crippen LogP contribution in [0.4, 0.5) is 5.69 Å². The molecule has 0 aliphatic heterocycles. The van der Waals surface area contributed by atoms with Crippen LogP contribution >= 0.6 is 0 Å². The third-order valence-corrected chi connectivity index (χ3v) is 3.02. The molecule has 0 fully saturated rings. The molecule has 1 aromatic carbocycles. The topological polar surface area (TPSA) is 54.0 Å². The molecule has 1 atom stereocenters. The number of carbonyl (C=O) groups excluding carboxylic acids is 1. The molecule has 2 aromatic rings. The third kappa shape index (κ3) is 3.35. The number of carbonyl (C=O) groups is 1. The Hall–Kier alpha value is -2.36. The first-order chi connectivity index (χ1) is 9.72. The van der Waals surface area contributed by atoms with Gasteiger partial charge in [0.25, 0.3) is 5.91 Å². The number of benzene rings is 1. The molecule has 0 bridgehead atoms. The highest BCUT2D eigenvalue weighted by Crippen LogP contribution is 2.16. The van der Waals surface area contributed by atoms with Gasteiger partial charge in [0.1, 0.15) is 0 Å². The Morgan fingerprint density at radius 1 is 1.20 bits per heavy atom. The number of anilines is 1. The van der Waals surface area contributed by atoms with E-state index in [1.54, 1.807) is 6.20 Å². The van der Waals surface area contributed by atoms with E-state index >= 15 is 0 Å². The molecule has 1 heterocycles. The summed E-state index contributed by atoms with van der Waals surface area (Å²) >= 11 is 0. The molecule has 0 saturated heterocycles. The highest BCUT2D eigenvalue weighted by Gasteiger charge is 2.14. The minimum atomic E-state index is -0.126. The lowest BCUT2D eigenvalue weighted by Crippen LogP contribution is -2.27. The summed E-state index contributed by atoms with van der Waals surface area (Å²) in [6.45, 7) is 4.71. The van der Waals surface area contributed by atoms with Crippen molar-refractivity contribution in [1.29, 1.82) is 0 Å². The van der Waals surface area contributed by atoms with Crippen LogP contribution in [-0.4, -0.2) is 17.4 Å². The first-order valence-electron chi connectivity index (χ1n) is 6.77. The van der Waals surface area contributed by atoms with Gasteiger partial charge in [0, 0.05) is 18.4 Å². The summed E-state index contributed by atoms with van der Waals surface area (Å²) in [5, 5.41) is 6.16. The van der Waals surface area contributed by atoms with Crippen molar-refractivity contribution in [2.24, 2.45) is 0 Å². The molecule has 1 aromatic heterocycles. The van der Waals surface area contributed by atoms with Crippen molar-refractivity contribution in [3.63, 3.8) is 0 Å². The molecular weight excluding hydrogens is 250 g/mol. The van der Waals surface area contributed by atoms with Crippen molar-refractivity contribution < 1.29 is 4.79 Å². The highest BCUT2D eigenvalue weighted by atomic mass is 16.1. The van der Waals surface area contributed by atoms with E-state index < -0.39 is 0 Å². The van der Waals surface area contributed by atoms with E-state index in [0.29, 0.717) is 5.56 Å². The normalized spacial score (nSPS) is 11.7. The Balaban J connectivity index is 2.12. The fourth-order valence-electron chi connectivity index (χ4n) is 2.01. The van der Waals surface area contributed by atoms with E-state index in [0.717, 1.165) is 17.9 Å². The van der Waals surface area contributed by atoms with Crippen LogP contribution in [-0.2, 0) is 0 Å². The second-order valence-electron chi connectivity index (χ2n) is 4.53. The van der Waals surface area contributed by atoms with Crippen molar-refractivity contribution in [2.75, 3.05) is 11.9 Å². The van der Waals surface area contributed by atoms with Gasteiger partial charge in [-0.25, -0.2) is 0 Å². The quantitative estimate of drug-likeness (QED) is 0.877. The van der Waals surface area contributed by atoms with Crippen molar-refractivity contribution in [3.05, 3.63) is 59.9 Å². The first-order valence-corrected chi connectivity index (χ1v) is 6.77. The molecule has 1 amide bonds. The summed E-state index contributed by atoms with van der Waals surface area (Å²) < 4.78 is 0. The van der Waals surface area contributed by atoms with Crippen molar-refractivity contribution >= 4 is 11.6 Å². The van der Waals surface area contributed by atoms with Gasteiger partial charge in [-0.3, -0.25) is 9.78 Å². The lowest BCUT2D eigenvalue weighted by atomic mass is 10.1. The fraction of sp³-hybridized carbons (Fsp3) is 0.250. The van der Waals surface area contributed by atoms with E-state index in [4.69, 9.17) is 0 Å². The van der Waals surface area contributed by atoms with Crippen LogP contribution in [0.3, 0.4) is 0 Å². The Morgan fingerprint density at radius 3 is 2.65 bits per heavy atom. The predicted octanol–water partition coefficient (Wildman–Crippen LogP) is 3.00. The van der Waals surface area contributed by atoms with Crippen molar-refractivity contribution in [2.45, 2.75) is 19.9 Å². The smallest absolute Gasteiger partial charge is 0.253 e. The number of nitrogens with zero attached hydrogens (tertiary/aromatic N) is 1. The maximum absolute atomic E-state index is 12.3. The highest BCUT2D eigenvalue weighted by molar-refractivity contribution is 5.99. The maximum Gasteiger partial charge on any atom is 0.253 e. The molecule has 0 radical (unpaired) electrons. The van der Waals surface area contributed by atoms with Crippen LogP contribution in [0.5, 0.6) is 0 Å². The van der Waals surface area contributed by atoms with Gasteiger partial charge in [0.15, 0.2) is 0 Å². The van der Waals surface area contributed by atoms with Crippen LogP contribution in [0.1, 0.15) is 35.9 Å². The SMILES string of the molecule is CCNc1ccccc1C(=O)N[C@H](C)c1ccccn1. The zero-order valence-corrected chi connectivity index (χ0v) is 11.8. The van der Waals surface area contributed by atoms with E-state index in [9.17, 15) is 4.79 Å². The molecule has 0 spiro atoms. The summed E-state index contributed by atoms with van der Waals surface area (Å²) in [4.78, 5) is 16.6. The lowest BCUT2D eigenvalue weighted by Gasteiger charge is -2.15. The molecule has 2 rings (SSSR count). The van der Waals surface area contributed by atoms with Crippen LogP contribution in [0.15, 0.2) is 48.7 Å². The zero-order chi connectivity index (χ0) is 14.4. The number of para-hydroxylation sites is 1. The van der Waals surface area contributed by atoms with Crippen LogP contribution < -0.4 is 10.6 Å². The summed E-state index contributed by atoms with van der Waals surface area (Å²) in [5.74, 6) is -0.0975. The van der Waals surface area contributed by atoms with Crippen LogP contribution in [0, 0.1) is 0 Å². The average molecular weight is 269 g/mol. The number of amides is 1. The molecule has 0 saturated carbocycles. The second kappa shape index (κ2) is 6.70. The van der Waals surface area contributed by atoms with Gasteiger partial charge < -0.3 is 10.6 Å². The number of nitrogens with one attached hydrogen (secondary N) is 2. The van der Waals surface area contributed by atoms with Gasteiger partial charge in [-0.1, -0.05) is 18.2 Å². The maximum atomic E-state index is 12.3. The molecule has 4 nitrogen and oxygen atoms in total. The second-order valence-corrected chi connectivity index (χ2v) is 4.53. The Kier molecular flexibility index (Phi) is 4.71. The summed E-state index contributed by atoms with van der Waals surface area (Å²) in [6, 6.07) is 13.1. The van der Waals surface area contributed by atoms with Gasteiger partial charge >= 0.3 is 0 Å².